The third-order valence-corrected chi connectivity index (χ3v) is 5.54. The molecule has 1 amide bonds. The second-order valence-corrected chi connectivity index (χ2v) is 9.42. The summed E-state index contributed by atoms with van der Waals surface area (Å²) in [5.74, 6) is 0.987. The van der Waals surface area contributed by atoms with Crippen LogP contribution in [0.2, 0.25) is 0 Å². The molecule has 4 aromatic heterocycles. The van der Waals surface area contributed by atoms with Crippen LogP contribution >= 0.6 is 0 Å². The van der Waals surface area contributed by atoms with Gasteiger partial charge in [-0.15, -0.1) is 0 Å². The predicted molar refractivity (Wildman–Crippen MR) is 132 cm³/mol. The van der Waals surface area contributed by atoms with Crippen LogP contribution in [0.15, 0.2) is 66.0 Å². The van der Waals surface area contributed by atoms with Crippen molar-refractivity contribution in [2.24, 2.45) is 7.05 Å². The standard InChI is InChI=1S/C25H26N8O2/c1-25(2,3)21-10-22(31-35-21)30-23(34)9-16-5-7-17(8-6-16)20-13-27-24-19(12-26-15-33(20)24)29-18-11-28-32(4)14-18/h5-8,10-15,29H,9H2,1-4H3,(H,30,31,34). The van der Waals surface area contributed by atoms with E-state index in [9.17, 15) is 4.79 Å². The summed E-state index contributed by atoms with van der Waals surface area (Å²) in [6.45, 7) is 6.08. The zero-order valence-corrected chi connectivity index (χ0v) is 20.0. The Bertz CT molecular complexity index is 1490. The summed E-state index contributed by atoms with van der Waals surface area (Å²) in [6.07, 6.45) is 9.14. The van der Waals surface area contributed by atoms with Crippen molar-refractivity contribution in [1.29, 1.82) is 0 Å². The largest absolute Gasteiger partial charge is 0.359 e. The first-order valence-electron chi connectivity index (χ1n) is 11.2. The molecule has 2 N–H and O–H groups in total. The highest BCUT2D eigenvalue weighted by Crippen LogP contribution is 2.27. The van der Waals surface area contributed by atoms with Crippen LogP contribution in [0.4, 0.5) is 17.2 Å². The molecule has 0 spiro atoms. The molecule has 35 heavy (non-hydrogen) atoms. The van der Waals surface area contributed by atoms with Crippen LogP contribution in [-0.2, 0) is 23.7 Å². The number of carbonyl (C=O) groups excluding carboxylic acids is 1. The monoisotopic (exact) mass is 470 g/mol. The third-order valence-electron chi connectivity index (χ3n) is 5.54. The fourth-order valence-electron chi connectivity index (χ4n) is 3.71. The minimum Gasteiger partial charge on any atom is -0.359 e. The molecule has 0 fully saturated rings. The Morgan fingerprint density at radius 1 is 1.11 bits per heavy atom. The number of rotatable bonds is 6. The summed E-state index contributed by atoms with van der Waals surface area (Å²) in [5.41, 5.74) is 4.97. The molecule has 5 aromatic rings. The van der Waals surface area contributed by atoms with Crippen molar-refractivity contribution in [3.63, 3.8) is 0 Å². The van der Waals surface area contributed by atoms with Crippen LogP contribution in [0, 0.1) is 0 Å². The molecule has 10 nitrogen and oxygen atoms in total. The molecular formula is C25H26N8O2. The van der Waals surface area contributed by atoms with Crippen molar-refractivity contribution in [2.75, 3.05) is 10.6 Å². The Morgan fingerprint density at radius 3 is 2.60 bits per heavy atom. The quantitative estimate of drug-likeness (QED) is 0.379. The first-order chi connectivity index (χ1) is 16.8. The highest BCUT2D eigenvalue weighted by Gasteiger charge is 2.20. The minimum absolute atomic E-state index is 0.156. The number of hydrogen-bond acceptors (Lipinski definition) is 7. The van der Waals surface area contributed by atoms with E-state index in [1.807, 2.05) is 68.9 Å². The highest BCUT2D eigenvalue weighted by atomic mass is 16.5. The van der Waals surface area contributed by atoms with Crippen molar-refractivity contribution in [3.05, 3.63) is 72.8 Å². The van der Waals surface area contributed by atoms with Crippen molar-refractivity contribution in [2.45, 2.75) is 32.6 Å². The Hall–Kier alpha value is -4.47. The predicted octanol–water partition coefficient (Wildman–Crippen LogP) is 4.34. The lowest BCUT2D eigenvalue weighted by molar-refractivity contribution is -0.115. The number of anilines is 3. The smallest absolute Gasteiger partial charge is 0.230 e. The van der Waals surface area contributed by atoms with Gasteiger partial charge in [0, 0.05) is 30.3 Å². The van der Waals surface area contributed by atoms with Gasteiger partial charge in [0.15, 0.2) is 11.5 Å². The van der Waals surface area contributed by atoms with Crippen LogP contribution in [0.5, 0.6) is 0 Å². The molecule has 0 aliphatic rings. The molecule has 178 valence electrons. The zero-order valence-electron chi connectivity index (χ0n) is 20.0. The summed E-state index contributed by atoms with van der Waals surface area (Å²) < 4.78 is 8.98. The number of hydrogen-bond donors (Lipinski definition) is 2. The van der Waals surface area contributed by atoms with E-state index < -0.39 is 0 Å². The van der Waals surface area contributed by atoms with E-state index in [2.05, 4.69) is 30.9 Å². The van der Waals surface area contributed by atoms with Gasteiger partial charge in [-0.2, -0.15) is 5.10 Å². The highest BCUT2D eigenvalue weighted by molar-refractivity contribution is 5.91. The summed E-state index contributed by atoms with van der Waals surface area (Å²) in [6, 6.07) is 9.57. The van der Waals surface area contributed by atoms with Gasteiger partial charge in [-0.3, -0.25) is 13.9 Å². The average molecular weight is 471 g/mol. The van der Waals surface area contributed by atoms with Gasteiger partial charge in [0.1, 0.15) is 17.8 Å². The lowest BCUT2D eigenvalue weighted by atomic mass is 9.93. The number of carbonyl (C=O) groups is 1. The topological polar surface area (TPSA) is 115 Å². The van der Waals surface area contributed by atoms with Crippen LogP contribution in [0.25, 0.3) is 16.9 Å². The summed E-state index contributed by atoms with van der Waals surface area (Å²) in [7, 11) is 1.86. The van der Waals surface area contributed by atoms with E-state index in [4.69, 9.17) is 4.52 Å². The second-order valence-electron chi connectivity index (χ2n) is 9.42. The van der Waals surface area contributed by atoms with E-state index in [1.54, 1.807) is 29.5 Å². The van der Waals surface area contributed by atoms with Gasteiger partial charge in [-0.1, -0.05) is 50.2 Å². The molecule has 0 aliphatic heterocycles. The number of aryl methyl sites for hydroxylation is 1. The van der Waals surface area contributed by atoms with Crippen molar-refractivity contribution in [1.82, 2.24) is 29.3 Å². The van der Waals surface area contributed by atoms with Crippen LogP contribution < -0.4 is 10.6 Å². The lowest BCUT2D eigenvalue weighted by Gasteiger charge is -2.12. The number of nitrogens with one attached hydrogen (secondary N) is 2. The van der Waals surface area contributed by atoms with Gasteiger partial charge < -0.3 is 15.2 Å². The van der Waals surface area contributed by atoms with E-state index >= 15 is 0 Å². The maximum Gasteiger partial charge on any atom is 0.230 e. The van der Waals surface area contributed by atoms with Gasteiger partial charge in [-0.25, -0.2) is 9.97 Å². The molecule has 5 rings (SSSR count). The fraction of sp³-hybridized carbons (Fsp3) is 0.240. The van der Waals surface area contributed by atoms with Crippen LogP contribution in [0.1, 0.15) is 32.1 Å². The molecule has 0 aliphatic carbocycles. The van der Waals surface area contributed by atoms with Crippen molar-refractivity contribution < 1.29 is 9.32 Å². The molecule has 4 heterocycles. The molecule has 1 aromatic carbocycles. The Kier molecular flexibility index (Phi) is 5.56. The second kappa shape index (κ2) is 8.71. The molecule has 0 atom stereocenters. The Balaban J connectivity index is 1.29. The van der Waals surface area contributed by atoms with E-state index in [0.29, 0.717) is 5.82 Å². The van der Waals surface area contributed by atoms with Crippen molar-refractivity contribution in [3.8, 4) is 11.3 Å². The molecular weight excluding hydrogens is 444 g/mol. The van der Waals surface area contributed by atoms with E-state index in [1.165, 1.54) is 0 Å². The first kappa shape index (κ1) is 22.3. The first-order valence-corrected chi connectivity index (χ1v) is 11.2. The summed E-state index contributed by atoms with van der Waals surface area (Å²) in [5, 5.41) is 14.2. The number of benzene rings is 1. The van der Waals surface area contributed by atoms with E-state index in [-0.39, 0.29) is 17.7 Å². The Labute approximate surface area is 202 Å². The third kappa shape index (κ3) is 4.77. The number of amides is 1. The molecule has 0 radical (unpaired) electrons. The number of imidazole rings is 1. The summed E-state index contributed by atoms with van der Waals surface area (Å²) in [4.78, 5) is 21.4. The van der Waals surface area contributed by atoms with E-state index in [0.717, 1.165) is 39.6 Å². The van der Waals surface area contributed by atoms with Gasteiger partial charge in [0.25, 0.3) is 0 Å². The lowest BCUT2D eigenvalue weighted by Crippen LogP contribution is -2.14. The van der Waals surface area contributed by atoms with Crippen LogP contribution in [-0.4, -0.2) is 35.2 Å². The number of nitrogens with zero attached hydrogens (tertiary/aromatic N) is 6. The SMILES string of the molecule is Cn1cc(Nc2cncn3c(-c4ccc(CC(=O)Nc5cc(C(C)(C)C)on5)cc4)cnc23)cn1. The van der Waals surface area contributed by atoms with Gasteiger partial charge in [0.2, 0.25) is 5.91 Å². The zero-order chi connectivity index (χ0) is 24.6. The van der Waals surface area contributed by atoms with Crippen molar-refractivity contribution >= 4 is 28.7 Å². The fourth-order valence-corrected chi connectivity index (χ4v) is 3.71. The number of fused-ring (bicyclic) bond motifs is 1. The number of aromatic nitrogens is 6. The maximum absolute atomic E-state index is 12.5. The van der Waals surface area contributed by atoms with Gasteiger partial charge in [-0.05, 0) is 5.56 Å². The normalized spacial score (nSPS) is 11.7. The van der Waals surface area contributed by atoms with Crippen LogP contribution in [0.3, 0.4) is 0 Å². The Morgan fingerprint density at radius 2 is 1.91 bits per heavy atom. The summed E-state index contributed by atoms with van der Waals surface area (Å²) >= 11 is 0. The molecule has 0 unspecified atom stereocenters. The van der Waals surface area contributed by atoms with Gasteiger partial charge in [0.05, 0.1) is 36.4 Å². The molecule has 0 bridgehead atoms. The van der Waals surface area contributed by atoms with Gasteiger partial charge >= 0.3 is 0 Å². The molecule has 0 saturated heterocycles. The minimum atomic E-state index is -0.172. The molecule has 10 heteroatoms. The maximum atomic E-state index is 12.5. The molecule has 0 saturated carbocycles. The average Bonchev–Trinajstić information content (AvgIpc) is 3.54.